The Morgan fingerprint density at radius 1 is 1.05 bits per heavy atom. The number of hydrogen-bond donors (Lipinski definition) is 3. The molecule has 1 saturated carbocycles. The Labute approximate surface area is 215 Å². The van der Waals surface area contributed by atoms with Crippen molar-refractivity contribution in [1.82, 2.24) is 35.1 Å². The van der Waals surface area contributed by atoms with Crippen LogP contribution in [0.2, 0.25) is 0 Å². The number of anilines is 1. The molecule has 0 spiro atoms. The number of aryl methyl sites for hydroxylation is 1. The van der Waals surface area contributed by atoms with Gasteiger partial charge in [0.1, 0.15) is 16.9 Å². The van der Waals surface area contributed by atoms with E-state index in [-0.39, 0.29) is 11.8 Å². The summed E-state index contributed by atoms with van der Waals surface area (Å²) >= 11 is 1.69. The summed E-state index contributed by atoms with van der Waals surface area (Å²) in [6.45, 7) is 2.08. The van der Waals surface area contributed by atoms with Crippen molar-refractivity contribution in [1.29, 1.82) is 0 Å². The minimum atomic E-state index is 0.0624. The van der Waals surface area contributed by atoms with Crippen LogP contribution in [0.25, 0.3) is 55.3 Å². The molecule has 7 rings (SSSR count). The third-order valence-electron chi connectivity index (χ3n) is 6.83. The predicted molar refractivity (Wildman–Crippen MR) is 144 cm³/mol. The largest absolute Gasteiger partial charge is 0.336 e. The maximum absolute atomic E-state index is 12.4. The number of imidazole rings is 1. The predicted octanol–water partition coefficient (Wildman–Crippen LogP) is 5.73. The molecule has 0 aliphatic heterocycles. The minimum absolute atomic E-state index is 0.0624. The summed E-state index contributed by atoms with van der Waals surface area (Å²) in [6.07, 6.45) is 10.0. The van der Waals surface area contributed by atoms with Crippen LogP contribution in [0, 0.1) is 12.8 Å². The highest BCUT2D eigenvalue weighted by Gasteiger charge is 2.25. The fourth-order valence-corrected chi connectivity index (χ4v) is 5.48. The molecule has 1 fully saturated rings. The van der Waals surface area contributed by atoms with Crippen LogP contribution >= 0.6 is 11.3 Å². The number of nitrogens with one attached hydrogen (secondary N) is 3. The number of amides is 1. The summed E-state index contributed by atoms with van der Waals surface area (Å²) in [5, 5.41) is 11.4. The highest BCUT2D eigenvalue weighted by atomic mass is 32.1. The fraction of sp³-hybridized carbons (Fsp3) is 0.185. The topological polar surface area (TPSA) is 125 Å². The number of aromatic nitrogens is 7. The van der Waals surface area contributed by atoms with E-state index in [9.17, 15) is 4.79 Å². The Kier molecular flexibility index (Phi) is 5.07. The maximum atomic E-state index is 12.4. The van der Waals surface area contributed by atoms with Crippen LogP contribution < -0.4 is 5.32 Å². The fourth-order valence-electron chi connectivity index (χ4n) is 4.61. The van der Waals surface area contributed by atoms with Crippen LogP contribution in [0.15, 0.2) is 55.1 Å². The van der Waals surface area contributed by atoms with Crippen molar-refractivity contribution in [3.63, 3.8) is 0 Å². The zero-order chi connectivity index (χ0) is 24.9. The van der Waals surface area contributed by atoms with Crippen LogP contribution in [0.1, 0.15) is 24.1 Å². The highest BCUT2D eigenvalue weighted by Crippen LogP contribution is 2.34. The van der Waals surface area contributed by atoms with Crippen LogP contribution in [-0.4, -0.2) is 41.0 Å². The first-order chi connectivity index (χ1) is 18.1. The summed E-state index contributed by atoms with van der Waals surface area (Å²) in [4.78, 5) is 36.5. The molecule has 1 aliphatic rings. The van der Waals surface area contributed by atoms with E-state index < -0.39 is 0 Å². The van der Waals surface area contributed by atoms with E-state index in [4.69, 9.17) is 4.98 Å². The van der Waals surface area contributed by atoms with Crippen LogP contribution in [0.5, 0.6) is 0 Å². The number of nitrogens with zero attached hydrogens (tertiary/aromatic N) is 5. The summed E-state index contributed by atoms with van der Waals surface area (Å²) in [6, 6.07) is 10.0. The smallest absolute Gasteiger partial charge is 0.227 e. The van der Waals surface area contributed by atoms with E-state index in [1.165, 1.54) is 4.88 Å². The van der Waals surface area contributed by atoms with Gasteiger partial charge in [-0.25, -0.2) is 9.97 Å². The Hall–Kier alpha value is -4.44. The molecule has 0 unspecified atom stereocenters. The summed E-state index contributed by atoms with van der Waals surface area (Å²) < 4.78 is 0. The highest BCUT2D eigenvalue weighted by molar-refractivity contribution is 7.15. The average molecular weight is 507 g/mol. The van der Waals surface area contributed by atoms with E-state index in [1.807, 2.05) is 18.2 Å². The van der Waals surface area contributed by atoms with Crippen LogP contribution in [0.4, 0.5) is 5.69 Å². The summed E-state index contributed by atoms with van der Waals surface area (Å²) in [7, 11) is 0. The standard InChI is InChI=1S/C27H22N8OS/c1-14-5-6-21(37-14)24-23-20(7-8-29-24)32-26(33-23)22-19-10-17(12-30-25(19)35-34-22)16-9-18(13-28-11-16)31-27(36)15-3-2-4-15/h5-13,15H,2-4H2,1H3,(H,31,36)(H,32,33)(H,30,34,35). The number of fused-ring (bicyclic) bond motifs is 2. The molecule has 3 N–H and O–H groups in total. The van der Waals surface area contributed by atoms with Gasteiger partial charge in [-0.2, -0.15) is 5.10 Å². The zero-order valence-electron chi connectivity index (χ0n) is 19.9. The number of pyridine rings is 3. The molecule has 10 heteroatoms. The Morgan fingerprint density at radius 3 is 2.76 bits per heavy atom. The van der Waals surface area contributed by atoms with Crippen LogP contribution in [-0.2, 0) is 4.79 Å². The molecule has 1 aliphatic carbocycles. The second-order valence-electron chi connectivity index (χ2n) is 9.32. The van der Waals surface area contributed by atoms with Crippen molar-refractivity contribution in [2.24, 2.45) is 5.92 Å². The number of H-pyrrole nitrogens is 2. The first-order valence-electron chi connectivity index (χ1n) is 12.1. The van der Waals surface area contributed by atoms with E-state index in [1.54, 1.807) is 36.1 Å². The third kappa shape index (κ3) is 3.86. The van der Waals surface area contributed by atoms with Gasteiger partial charge in [-0.3, -0.25) is 19.9 Å². The van der Waals surface area contributed by atoms with Crippen molar-refractivity contribution in [2.45, 2.75) is 26.2 Å². The van der Waals surface area contributed by atoms with Gasteiger partial charge in [0, 0.05) is 40.5 Å². The summed E-state index contributed by atoms with van der Waals surface area (Å²) in [5.74, 6) is 0.813. The van der Waals surface area contributed by atoms with Gasteiger partial charge in [-0.1, -0.05) is 6.42 Å². The van der Waals surface area contributed by atoms with Crippen molar-refractivity contribution in [2.75, 3.05) is 5.32 Å². The quantitative estimate of drug-likeness (QED) is 0.274. The van der Waals surface area contributed by atoms with Gasteiger partial charge in [0.05, 0.1) is 27.7 Å². The van der Waals surface area contributed by atoms with Crippen molar-refractivity contribution < 1.29 is 4.79 Å². The third-order valence-corrected chi connectivity index (χ3v) is 7.84. The molecular formula is C27H22N8OS. The maximum Gasteiger partial charge on any atom is 0.227 e. The number of rotatable bonds is 5. The number of aromatic amines is 2. The number of thiophene rings is 1. The lowest BCUT2D eigenvalue weighted by Gasteiger charge is -2.24. The van der Waals surface area contributed by atoms with E-state index >= 15 is 0 Å². The molecular weight excluding hydrogens is 484 g/mol. The molecule has 0 radical (unpaired) electrons. The van der Waals surface area contributed by atoms with Gasteiger partial charge in [-0.05, 0) is 50.1 Å². The summed E-state index contributed by atoms with van der Waals surface area (Å²) in [5.41, 5.74) is 6.30. The van der Waals surface area contributed by atoms with Crippen molar-refractivity contribution >= 4 is 45.0 Å². The van der Waals surface area contributed by atoms with E-state index in [2.05, 4.69) is 54.5 Å². The molecule has 6 aromatic heterocycles. The zero-order valence-corrected chi connectivity index (χ0v) is 20.8. The normalized spacial score (nSPS) is 13.8. The van der Waals surface area contributed by atoms with Gasteiger partial charge in [0.15, 0.2) is 11.5 Å². The number of carbonyl (C=O) groups excluding carboxylic acids is 1. The molecule has 6 aromatic rings. The molecule has 9 nitrogen and oxygen atoms in total. The second kappa shape index (κ2) is 8.59. The molecule has 182 valence electrons. The molecule has 37 heavy (non-hydrogen) atoms. The van der Waals surface area contributed by atoms with Gasteiger partial charge < -0.3 is 10.3 Å². The lowest BCUT2D eigenvalue weighted by atomic mass is 9.85. The van der Waals surface area contributed by atoms with Gasteiger partial charge in [0.2, 0.25) is 5.91 Å². The average Bonchev–Trinajstić information content (AvgIpc) is 3.60. The Bertz CT molecular complexity index is 1790. The van der Waals surface area contributed by atoms with Crippen LogP contribution in [0.3, 0.4) is 0 Å². The molecule has 0 bridgehead atoms. The monoisotopic (exact) mass is 506 g/mol. The van der Waals surface area contributed by atoms with Crippen molar-refractivity contribution in [3.8, 4) is 33.2 Å². The lowest BCUT2D eigenvalue weighted by molar-refractivity contribution is -0.122. The molecule has 0 saturated heterocycles. The molecule has 6 heterocycles. The van der Waals surface area contributed by atoms with E-state index in [0.29, 0.717) is 22.9 Å². The first-order valence-corrected chi connectivity index (χ1v) is 13.0. The second-order valence-corrected chi connectivity index (χ2v) is 10.6. The number of carbonyl (C=O) groups is 1. The molecule has 1 amide bonds. The lowest BCUT2D eigenvalue weighted by Crippen LogP contribution is -2.28. The van der Waals surface area contributed by atoms with Gasteiger partial charge in [-0.15, -0.1) is 11.3 Å². The first kappa shape index (κ1) is 21.8. The van der Waals surface area contributed by atoms with E-state index in [0.717, 1.165) is 57.4 Å². The Balaban J connectivity index is 1.26. The number of hydrogen-bond acceptors (Lipinski definition) is 7. The SMILES string of the molecule is Cc1ccc(-c2nccc3[nH]c(-c4n[nH]c5ncc(-c6cncc(NC(=O)C7CCC7)c6)cc45)nc23)s1. The van der Waals surface area contributed by atoms with Crippen molar-refractivity contribution in [3.05, 3.63) is 60.0 Å². The Morgan fingerprint density at radius 2 is 1.95 bits per heavy atom. The molecule has 0 aromatic carbocycles. The van der Waals surface area contributed by atoms with Gasteiger partial charge >= 0.3 is 0 Å². The minimum Gasteiger partial charge on any atom is -0.336 e. The molecule has 0 atom stereocenters. The van der Waals surface area contributed by atoms with Gasteiger partial charge in [0.25, 0.3) is 0 Å².